The van der Waals surface area contributed by atoms with Crippen molar-refractivity contribution in [2.24, 2.45) is 5.92 Å². The molecule has 2 amide bonds. The Morgan fingerprint density at radius 1 is 1.06 bits per heavy atom. The first-order chi connectivity index (χ1) is 15.9. The van der Waals surface area contributed by atoms with Gasteiger partial charge in [0.25, 0.3) is 5.91 Å². The van der Waals surface area contributed by atoms with E-state index in [2.05, 4.69) is 25.6 Å². The van der Waals surface area contributed by atoms with Gasteiger partial charge in [0, 0.05) is 18.9 Å². The van der Waals surface area contributed by atoms with Crippen LogP contribution in [0.1, 0.15) is 40.9 Å². The van der Waals surface area contributed by atoms with Gasteiger partial charge in [0.15, 0.2) is 0 Å². The zero-order valence-corrected chi connectivity index (χ0v) is 17.8. The highest BCUT2D eigenvalue weighted by Gasteiger charge is 2.29. The van der Waals surface area contributed by atoms with Crippen molar-refractivity contribution < 1.29 is 28.9 Å². The van der Waals surface area contributed by atoms with E-state index in [1.54, 1.807) is 6.92 Å². The molecular weight excluding hydrogens is 428 g/mol. The van der Waals surface area contributed by atoms with E-state index in [1.807, 2.05) is 48.5 Å². The predicted molar refractivity (Wildman–Crippen MR) is 117 cm³/mol. The standard InChI is InChI=1S/C23H22N4O6/c1-13(10-19(28)29)11-24-22(30)20-21(27-33-26-20)25-23(31)32-12-18-16-8-4-2-6-14(16)15-7-3-5-9-17(15)18/h2-9,13,18H,10-12H2,1H3,(H,24,30)(H,28,29)(H,25,27,31). The van der Waals surface area contributed by atoms with Crippen molar-refractivity contribution in [3.05, 3.63) is 65.4 Å². The number of fused-ring (bicyclic) bond motifs is 3. The summed E-state index contributed by atoms with van der Waals surface area (Å²) in [5, 5.41) is 20.8. The molecule has 0 spiro atoms. The first-order valence-electron chi connectivity index (χ1n) is 10.4. The highest BCUT2D eigenvalue weighted by molar-refractivity contribution is 5.99. The van der Waals surface area contributed by atoms with Gasteiger partial charge in [0.2, 0.25) is 11.5 Å². The number of carbonyl (C=O) groups excluding carboxylic acids is 2. The molecule has 0 radical (unpaired) electrons. The molecule has 33 heavy (non-hydrogen) atoms. The van der Waals surface area contributed by atoms with Crippen molar-refractivity contribution in [3.63, 3.8) is 0 Å². The van der Waals surface area contributed by atoms with Gasteiger partial charge >= 0.3 is 12.1 Å². The molecule has 10 nitrogen and oxygen atoms in total. The van der Waals surface area contributed by atoms with Crippen LogP contribution in [0.3, 0.4) is 0 Å². The number of benzene rings is 2. The fourth-order valence-electron chi connectivity index (χ4n) is 3.87. The molecule has 1 heterocycles. The number of anilines is 1. The number of nitrogens with one attached hydrogen (secondary N) is 2. The Hall–Kier alpha value is -4.21. The predicted octanol–water partition coefficient (Wildman–Crippen LogP) is 3.27. The summed E-state index contributed by atoms with van der Waals surface area (Å²) in [7, 11) is 0. The minimum Gasteiger partial charge on any atom is -0.481 e. The highest BCUT2D eigenvalue weighted by Crippen LogP contribution is 2.44. The lowest BCUT2D eigenvalue weighted by Crippen LogP contribution is -2.30. The molecular formula is C23H22N4O6. The third kappa shape index (κ3) is 4.84. The molecule has 10 heteroatoms. The zero-order chi connectivity index (χ0) is 23.4. The average Bonchev–Trinajstić information content (AvgIpc) is 3.38. The van der Waals surface area contributed by atoms with Gasteiger partial charge in [0.1, 0.15) is 6.61 Å². The number of rotatable bonds is 8. The third-order valence-electron chi connectivity index (χ3n) is 5.40. The number of hydrogen-bond acceptors (Lipinski definition) is 7. The van der Waals surface area contributed by atoms with Crippen LogP contribution >= 0.6 is 0 Å². The lowest BCUT2D eigenvalue weighted by atomic mass is 9.98. The molecule has 0 fully saturated rings. The van der Waals surface area contributed by atoms with E-state index in [9.17, 15) is 14.4 Å². The van der Waals surface area contributed by atoms with Crippen LogP contribution in [0.15, 0.2) is 53.2 Å². The maximum atomic E-state index is 12.4. The molecule has 1 aromatic heterocycles. The Labute approximate surface area is 188 Å². The number of hydrogen-bond donors (Lipinski definition) is 3. The molecule has 3 N–H and O–H groups in total. The fourth-order valence-corrected chi connectivity index (χ4v) is 3.87. The summed E-state index contributed by atoms with van der Waals surface area (Å²) in [6.07, 6.45) is -0.900. The molecule has 1 aliphatic rings. The van der Waals surface area contributed by atoms with Crippen LogP contribution in [-0.2, 0) is 9.53 Å². The Balaban J connectivity index is 1.37. The van der Waals surface area contributed by atoms with E-state index in [-0.39, 0.29) is 42.9 Å². The van der Waals surface area contributed by atoms with Crippen LogP contribution in [0.25, 0.3) is 11.1 Å². The van der Waals surface area contributed by atoms with E-state index in [1.165, 1.54) is 0 Å². The monoisotopic (exact) mass is 450 g/mol. The van der Waals surface area contributed by atoms with E-state index in [4.69, 9.17) is 9.84 Å². The molecule has 1 unspecified atom stereocenters. The minimum absolute atomic E-state index is 0.0950. The molecule has 3 aromatic rings. The zero-order valence-electron chi connectivity index (χ0n) is 17.8. The second kappa shape index (κ2) is 9.51. The first kappa shape index (κ1) is 22.0. The number of ether oxygens (including phenoxy) is 1. The van der Waals surface area contributed by atoms with Gasteiger partial charge in [-0.1, -0.05) is 55.5 Å². The summed E-state index contributed by atoms with van der Waals surface area (Å²) in [5.74, 6) is -2.20. The Morgan fingerprint density at radius 2 is 1.70 bits per heavy atom. The number of carbonyl (C=O) groups is 3. The average molecular weight is 450 g/mol. The topological polar surface area (TPSA) is 144 Å². The lowest BCUT2D eigenvalue weighted by Gasteiger charge is -2.14. The molecule has 2 aromatic carbocycles. The number of amides is 2. The van der Waals surface area contributed by atoms with E-state index in [0.717, 1.165) is 22.3 Å². The SMILES string of the molecule is CC(CNC(=O)c1nonc1NC(=O)OCC1c2ccccc2-c2ccccc21)CC(=O)O. The van der Waals surface area contributed by atoms with Gasteiger partial charge in [0.05, 0.1) is 0 Å². The van der Waals surface area contributed by atoms with Gasteiger partial charge in [-0.25, -0.2) is 9.42 Å². The first-order valence-corrected chi connectivity index (χ1v) is 10.4. The van der Waals surface area contributed by atoms with Gasteiger partial charge in [-0.05, 0) is 38.5 Å². The number of carboxylic acids is 1. The van der Waals surface area contributed by atoms with Gasteiger partial charge in [-0.15, -0.1) is 0 Å². The maximum absolute atomic E-state index is 12.4. The second-order valence-corrected chi connectivity index (χ2v) is 7.83. The van der Waals surface area contributed by atoms with Crippen LogP contribution < -0.4 is 10.6 Å². The van der Waals surface area contributed by atoms with Crippen LogP contribution in [0, 0.1) is 5.92 Å². The highest BCUT2D eigenvalue weighted by atomic mass is 16.6. The van der Waals surface area contributed by atoms with Gasteiger partial charge in [-0.3, -0.25) is 14.9 Å². The summed E-state index contributed by atoms with van der Waals surface area (Å²) in [6.45, 7) is 1.90. The summed E-state index contributed by atoms with van der Waals surface area (Å²) in [6, 6.07) is 15.9. The normalized spacial score (nSPS) is 13.0. The molecule has 1 atom stereocenters. The smallest absolute Gasteiger partial charge is 0.412 e. The van der Waals surface area contributed by atoms with Crippen molar-refractivity contribution in [1.29, 1.82) is 0 Å². The van der Waals surface area contributed by atoms with Gasteiger partial charge < -0.3 is 15.2 Å². The second-order valence-electron chi connectivity index (χ2n) is 7.83. The molecule has 0 aliphatic heterocycles. The van der Waals surface area contributed by atoms with Crippen molar-refractivity contribution in [2.75, 3.05) is 18.5 Å². The van der Waals surface area contributed by atoms with Crippen LogP contribution in [0.2, 0.25) is 0 Å². The fraction of sp³-hybridized carbons (Fsp3) is 0.261. The van der Waals surface area contributed by atoms with Crippen molar-refractivity contribution >= 4 is 23.8 Å². The Bertz CT molecular complexity index is 1150. The van der Waals surface area contributed by atoms with Crippen LogP contribution in [-0.4, -0.2) is 46.5 Å². The molecule has 1 aliphatic carbocycles. The molecule has 0 saturated carbocycles. The van der Waals surface area contributed by atoms with Crippen LogP contribution in [0.5, 0.6) is 0 Å². The third-order valence-corrected chi connectivity index (χ3v) is 5.40. The van der Waals surface area contributed by atoms with E-state index in [0.29, 0.717) is 0 Å². The summed E-state index contributed by atoms with van der Waals surface area (Å²) in [5.41, 5.74) is 4.14. The number of aliphatic carboxylic acids is 1. The maximum Gasteiger partial charge on any atom is 0.412 e. The molecule has 4 rings (SSSR count). The van der Waals surface area contributed by atoms with Crippen molar-refractivity contribution in [3.8, 4) is 11.1 Å². The lowest BCUT2D eigenvalue weighted by molar-refractivity contribution is -0.137. The minimum atomic E-state index is -0.961. The summed E-state index contributed by atoms with van der Waals surface area (Å²) < 4.78 is 10.0. The molecule has 170 valence electrons. The summed E-state index contributed by atoms with van der Waals surface area (Å²) >= 11 is 0. The van der Waals surface area contributed by atoms with E-state index >= 15 is 0 Å². The van der Waals surface area contributed by atoms with Crippen molar-refractivity contribution in [2.45, 2.75) is 19.3 Å². The largest absolute Gasteiger partial charge is 0.481 e. The Kier molecular flexibility index (Phi) is 6.34. The molecule has 0 bridgehead atoms. The summed E-state index contributed by atoms with van der Waals surface area (Å²) in [4.78, 5) is 35.5. The number of nitrogens with zero attached hydrogens (tertiary/aromatic N) is 2. The van der Waals surface area contributed by atoms with Crippen molar-refractivity contribution in [1.82, 2.24) is 15.6 Å². The number of carboxylic acid groups (broad SMARTS) is 1. The van der Waals surface area contributed by atoms with E-state index < -0.39 is 18.0 Å². The van der Waals surface area contributed by atoms with Gasteiger partial charge in [-0.2, -0.15) is 0 Å². The molecule has 0 saturated heterocycles. The number of aromatic nitrogens is 2. The Morgan fingerprint density at radius 3 is 2.33 bits per heavy atom. The quantitative estimate of drug-likeness (QED) is 0.474. The van der Waals surface area contributed by atoms with Crippen LogP contribution in [0.4, 0.5) is 10.6 Å².